The molecule has 5 heteroatoms. The molecule has 1 unspecified atom stereocenters. The summed E-state index contributed by atoms with van der Waals surface area (Å²) in [6.07, 6.45) is 2.90. The maximum absolute atomic E-state index is 12.2. The highest BCUT2D eigenvalue weighted by Crippen LogP contribution is 2.16. The molecule has 0 aromatic carbocycles. The fourth-order valence-corrected chi connectivity index (χ4v) is 1.98. The zero-order valence-corrected chi connectivity index (χ0v) is 11.9. The Morgan fingerprint density at radius 3 is 2.83 bits per heavy atom. The molecule has 1 heterocycles. The van der Waals surface area contributed by atoms with Gasteiger partial charge in [-0.15, -0.1) is 0 Å². The van der Waals surface area contributed by atoms with E-state index in [1.54, 1.807) is 31.1 Å². The Morgan fingerprint density at radius 1 is 1.61 bits per heavy atom. The van der Waals surface area contributed by atoms with Crippen LogP contribution in [0.5, 0.6) is 0 Å². The predicted octanol–water partition coefficient (Wildman–Crippen LogP) is 2.39. The van der Waals surface area contributed by atoms with Crippen LogP contribution in [0.25, 0.3) is 0 Å². The smallest absolute Gasteiger partial charge is 0.270 e. The Balaban J connectivity index is 2.76. The van der Waals surface area contributed by atoms with E-state index in [1.807, 2.05) is 4.57 Å². The molecule has 4 nitrogen and oxygen atoms in total. The van der Waals surface area contributed by atoms with Crippen LogP contribution in [0.15, 0.2) is 12.3 Å². The van der Waals surface area contributed by atoms with Crippen molar-refractivity contribution < 1.29 is 9.90 Å². The topological polar surface area (TPSA) is 45.5 Å². The van der Waals surface area contributed by atoms with Crippen molar-refractivity contribution in [3.8, 4) is 0 Å². The van der Waals surface area contributed by atoms with Crippen molar-refractivity contribution in [2.45, 2.75) is 39.3 Å². The van der Waals surface area contributed by atoms with Crippen LogP contribution in [0.2, 0.25) is 5.02 Å². The number of rotatable bonds is 6. The number of carbonyl (C=O) groups excluding carboxylic acids is 1. The van der Waals surface area contributed by atoms with Crippen LogP contribution in [0.1, 0.15) is 37.2 Å². The highest BCUT2D eigenvalue weighted by Gasteiger charge is 2.17. The summed E-state index contributed by atoms with van der Waals surface area (Å²) in [6.45, 7) is 5.08. The summed E-state index contributed by atoms with van der Waals surface area (Å²) in [6, 6.07) is 1.69. The van der Waals surface area contributed by atoms with Gasteiger partial charge in [0, 0.05) is 26.3 Å². The first-order chi connectivity index (χ1) is 8.45. The molecule has 1 aromatic heterocycles. The predicted molar refractivity (Wildman–Crippen MR) is 73.0 cm³/mol. The second-order valence-electron chi connectivity index (χ2n) is 4.60. The SMILES string of the molecule is CCCn1cc(Cl)cc1C(=O)N(C)CCC(C)O. The van der Waals surface area contributed by atoms with Crippen LogP contribution < -0.4 is 0 Å². The first-order valence-corrected chi connectivity index (χ1v) is 6.62. The van der Waals surface area contributed by atoms with Crippen LogP contribution in [-0.2, 0) is 6.54 Å². The summed E-state index contributed by atoms with van der Waals surface area (Å²) in [5.41, 5.74) is 0.606. The average molecular weight is 273 g/mol. The van der Waals surface area contributed by atoms with Gasteiger partial charge in [0.15, 0.2) is 0 Å². The molecule has 1 N–H and O–H groups in total. The van der Waals surface area contributed by atoms with Crippen LogP contribution in [-0.4, -0.2) is 40.2 Å². The van der Waals surface area contributed by atoms with Gasteiger partial charge in [0.25, 0.3) is 5.91 Å². The third-order valence-electron chi connectivity index (χ3n) is 2.78. The van der Waals surface area contributed by atoms with Crippen LogP contribution >= 0.6 is 11.6 Å². The molecule has 0 spiro atoms. The molecule has 0 bridgehead atoms. The molecule has 18 heavy (non-hydrogen) atoms. The van der Waals surface area contributed by atoms with Gasteiger partial charge >= 0.3 is 0 Å². The summed E-state index contributed by atoms with van der Waals surface area (Å²) >= 11 is 5.95. The molecule has 0 radical (unpaired) electrons. The Kier molecular flexibility index (Phi) is 5.69. The van der Waals surface area contributed by atoms with Gasteiger partial charge in [-0.2, -0.15) is 0 Å². The number of aliphatic hydroxyl groups excluding tert-OH is 1. The van der Waals surface area contributed by atoms with Crippen LogP contribution in [0, 0.1) is 0 Å². The second-order valence-corrected chi connectivity index (χ2v) is 5.04. The van der Waals surface area contributed by atoms with Gasteiger partial charge in [-0.05, 0) is 25.8 Å². The quantitative estimate of drug-likeness (QED) is 0.864. The lowest BCUT2D eigenvalue weighted by Crippen LogP contribution is -2.31. The first kappa shape index (κ1) is 15.1. The zero-order valence-electron chi connectivity index (χ0n) is 11.2. The summed E-state index contributed by atoms with van der Waals surface area (Å²) < 4.78 is 1.88. The van der Waals surface area contributed by atoms with Gasteiger partial charge in [-0.25, -0.2) is 0 Å². The van der Waals surface area contributed by atoms with Crippen molar-refractivity contribution in [2.24, 2.45) is 0 Å². The number of aryl methyl sites for hydroxylation is 1. The number of halogens is 1. The van der Waals surface area contributed by atoms with Gasteiger partial charge in [0.2, 0.25) is 0 Å². The molecule has 1 amide bonds. The maximum atomic E-state index is 12.2. The van der Waals surface area contributed by atoms with E-state index in [-0.39, 0.29) is 5.91 Å². The molecule has 0 fully saturated rings. The Labute approximate surface area is 113 Å². The lowest BCUT2D eigenvalue weighted by Gasteiger charge is -2.19. The first-order valence-electron chi connectivity index (χ1n) is 6.25. The highest BCUT2D eigenvalue weighted by molar-refractivity contribution is 6.31. The number of hydrogen-bond acceptors (Lipinski definition) is 2. The van der Waals surface area contributed by atoms with Crippen molar-refractivity contribution in [1.29, 1.82) is 0 Å². The van der Waals surface area contributed by atoms with E-state index in [9.17, 15) is 9.90 Å². The molecule has 1 rings (SSSR count). The lowest BCUT2D eigenvalue weighted by atomic mass is 10.2. The van der Waals surface area contributed by atoms with Crippen molar-refractivity contribution in [3.05, 3.63) is 23.0 Å². The molecular weight excluding hydrogens is 252 g/mol. The molecule has 0 aliphatic heterocycles. The molecule has 0 saturated heterocycles. The normalized spacial score (nSPS) is 12.5. The number of nitrogens with zero attached hydrogens (tertiary/aromatic N) is 2. The van der Waals surface area contributed by atoms with Crippen molar-refractivity contribution in [2.75, 3.05) is 13.6 Å². The second kappa shape index (κ2) is 6.81. The zero-order chi connectivity index (χ0) is 13.7. The Hall–Kier alpha value is -1.00. The number of aromatic nitrogens is 1. The van der Waals surface area contributed by atoms with Crippen molar-refractivity contribution in [1.82, 2.24) is 9.47 Å². The number of aliphatic hydroxyl groups is 1. The maximum Gasteiger partial charge on any atom is 0.270 e. The lowest BCUT2D eigenvalue weighted by molar-refractivity contribution is 0.0758. The molecule has 1 aromatic rings. The van der Waals surface area contributed by atoms with Crippen molar-refractivity contribution in [3.63, 3.8) is 0 Å². The van der Waals surface area contributed by atoms with E-state index in [4.69, 9.17) is 11.6 Å². The van der Waals surface area contributed by atoms with Crippen molar-refractivity contribution >= 4 is 17.5 Å². The monoisotopic (exact) mass is 272 g/mol. The van der Waals surface area contributed by atoms with E-state index >= 15 is 0 Å². The van der Waals surface area contributed by atoms with Gasteiger partial charge in [0.1, 0.15) is 5.69 Å². The summed E-state index contributed by atoms with van der Waals surface area (Å²) in [7, 11) is 1.74. The summed E-state index contributed by atoms with van der Waals surface area (Å²) in [4.78, 5) is 13.8. The van der Waals surface area contributed by atoms with E-state index in [1.165, 1.54) is 0 Å². The number of carbonyl (C=O) groups is 1. The van der Waals surface area contributed by atoms with Crippen LogP contribution in [0.3, 0.4) is 0 Å². The van der Waals surface area contributed by atoms with E-state index < -0.39 is 6.10 Å². The molecular formula is C13H21ClN2O2. The molecule has 0 saturated carbocycles. The highest BCUT2D eigenvalue weighted by atomic mass is 35.5. The Bertz CT molecular complexity index is 402. The third kappa shape index (κ3) is 4.03. The summed E-state index contributed by atoms with van der Waals surface area (Å²) in [5, 5.41) is 9.81. The van der Waals surface area contributed by atoms with Gasteiger partial charge in [-0.1, -0.05) is 18.5 Å². The molecule has 0 aliphatic carbocycles. The van der Waals surface area contributed by atoms with Gasteiger partial charge in [-0.3, -0.25) is 4.79 Å². The Morgan fingerprint density at radius 2 is 2.28 bits per heavy atom. The number of hydrogen-bond donors (Lipinski definition) is 1. The van der Waals surface area contributed by atoms with E-state index in [0.29, 0.717) is 23.7 Å². The fourth-order valence-electron chi connectivity index (χ4n) is 1.76. The minimum Gasteiger partial charge on any atom is -0.393 e. The largest absolute Gasteiger partial charge is 0.393 e. The van der Waals surface area contributed by atoms with E-state index in [2.05, 4.69) is 6.92 Å². The molecule has 1 atom stereocenters. The fraction of sp³-hybridized carbons (Fsp3) is 0.615. The minimum absolute atomic E-state index is 0.0593. The summed E-state index contributed by atoms with van der Waals surface area (Å²) in [5.74, 6) is -0.0593. The standard InChI is InChI=1S/C13H21ClN2O2/c1-4-6-16-9-11(14)8-12(16)13(18)15(3)7-5-10(2)17/h8-10,17H,4-7H2,1-3H3. The van der Waals surface area contributed by atoms with Crippen LogP contribution in [0.4, 0.5) is 0 Å². The third-order valence-corrected chi connectivity index (χ3v) is 2.98. The van der Waals surface area contributed by atoms with Gasteiger partial charge in [0.05, 0.1) is 11.1 Å². The van der Waals surface area contributed by atoms with Gasteiger partial charge < -0.3 is 14.6 Å². The molecule has 0 aliphatic rings. The number of amides is 1. The van der Waals surface area contributed by atoms with E-state index in [0.717, 1.165) is 13.0 Å². The molecule has 102 valence electrons. The minimum atomic E-state index is -0.397. The average Bonchev–Trinajstić information content (AvgIpc) is 2.66.